The molecule has 0 unspecified atom stereocenters. The number of rotatable bonds is 5. The second-order valence-electron chi connectivity index (χ2n) is 7.62. The number of anilines is 1. The van der Waals surface area contributed by atoms with Crippen LogP contribution in [0.5, 0.6) is 0 Å². The molecule has 2 N–H and O–H groups in total. The van der Waals surface area contributed by atoms with Crippen LogP contribution in [0.3, 0.4) is 0 Å². The van der Waals surface area contributed by atoms with Gasteiger partial charge < -0.3 is 5.32 Å². The van der Waals surface area contributed by atoms with Crippen molar-refractivity contribution in [3.63, 3.8) is 0 Å². The van der Waals surface area contributed by atoms with E-state index in [-0.39, 0.29) is 39.1 Å². The Labute approximate surface area is 205 Å². The number of halogens is 2. The first-order valence-electron chi connectivity index (χ1n) is 10.3. The van der Waals surface area contributed by atoms with Crippen LogP contribution in [0, 0.1) is 22.9 Å². The minimum atomic E-state index is -0.732. The smallest absolute Gasteiger partial charge is 0.270 e. The van der Waals surface area contributed by atoms with Crippen molar-refractivity contribution in [2.75, 3.05) is 5.32 Å². The molecule has 5 aromatic rings. The molecule has 0 saturated carbocycles. The number of nitrogens with one attached hydrogen (secondary N) is 2. The van der Waals surface area contributed by atoms with Gasteiger partial charge in [-0.3, -0.25) is 24.7 Å². The maximum atomic E-state index is 13.4. The quantitative estimate of drug-likeness (QED) is 0.272. The summed E-state index contributed by atoms with van der Waals surface area (Å²) in [6, 6.07) is 10.5. The van der Waals surface area contributed by atoms with Crippen LogP contribution < -0.4 is 10.9 Å². The first-order chi connectivity index (χ1) is 17.2. The zero-order valence-corrected chi connectivity index (χ0v) is 19.0. The molecular weight excluding hydrogens is 495 g/mol. The molecule has 0 fully saturated rings. The zero-order valence-electron chi connectivity index (χ0n) is 18.3. The summed E-state index contributed by atoms with van der Waals surface area (Å²) in [5, 5.41) is 22.4. The van der Waals surface area contributed by atoms with Crippen LogP contribution >= 0.6 is 11.6 Å². The minimum absolute atomic E-state index is 0.0111. The van der Waals surface area contributed by atoms with Gasteiger partial charge in [-0.05, 0) is 37.3 Å². The first-order valence-corrected chi connectivity index (χ1v) is 10.7. The number of hydrogen-bond acceptors (Lipinski definition) is 7. The summed E-state index contributed by atoms with van der Waals surface area (Å²) in [7, 11) is 0. The van der Waals surface area contributed by atoms with Gasteiger partial charge in [0.25, 0.3) is 17.2 Å². The maximum absolute atomic E-state index is 13.4. The molecule has 0 bridgehead atoms. The highest BCUT2D eigenvalue weighted by atomic mass is 35.5. The lowest BCUT2D eigenvalue weighted by Gasteiger charge is -2.10. The fourth-order valence-corrected chi connectivity index (χ4v) is 3.72. The third-order valence-corrected chi connectivity index (χ3v) is 5.51. The molecule has 12 nitrogen and oxygen atoms in total. The SMILES string of the molecule is Cc1cc(NC(=O)c2cc([N+](=O)[O-])ccc2Cl)n(-c2nc3c(cnn3-c3ccc(F)cc3)c(=O)[nH]2)n1. The summed E-state index contributed by atoms with van der Waals surface area (Å²) < 4.78 is 15.9. The highest BCUT2D eigenvalue weighted by Gasteiger charge is 2.20. The molecule has 0 spiro atoms. The Morgan fingerprint density at radius 3 is 2.64 bits per heavy atom. The van der Waals surface area contributed by atoms with Gasteiger partial charge in [0.05, 0.1) is 33.1 Å². The molecule has 0 aliphatic heterocycles. The van der Waals surface area contributed by atoms with Gasteiger partial charge in [0, 0.05) is 18.2 Å². The van der Waals surface area contributed by atoms with Crippen molar-refractivity contribution in [2.24, 2.45) is 0 Å². The van der Waals surface area contributed by atoms with Crippen molar-refractivity contribution in [2.45, 2.75) is 6.92 Å². The minimum Gasteiger partial charge on any atom is -0.306 e. The van der Waals surface area contributed by atoms with Crippen LogP contribution in [0.2, 0.25) is 5.02 Å². The van der Waals surface area contributed by atoms with Crippen LogP contribution in [0.1, 0.15) is 16.1 Å². The molecule has 3 heterocycles. The van der Waals surface area contributed by atoms with Gasteiger partial charge >= 0.3 is 0 Å². The van der Waals surface area contributed by atoms with Crippen molar-refractivity contribution in [1.82, 2.24) is 29.5 Å². The average molecular weight is 509 g/mol. The predicted molar refractivity (Wildman–Crippen MR) is 127 cm³/mol. The Bertz CT molecular complexity index is 1720. The second-order valence-corrected chi connectivity index (χ2v) is 8.02. The topological polar surface area (TPSA) is 154 Å². The van der Waals surface area contributed by atoms with Gasteiger partial charge in [-0.1, -0.05) is 11.6 Å². The van der Waals surface area contributed by atoms with E-state index in [1.165, 1.54) is 58.0 Å². The number of nitro benzene ring substituents is 1. The molecule has 0 radical (unpaired) electrons. The number of nitrogens with zero attached hydrogens (tertiary/aromatic N) is 6. The number of H-pyrrole nitrogens is 1. The fourth-order valence-electron chi connectivity index (χ4n) is 3.51. The van der Waals surface area contributed by atoms with Crippen LogP contribution in [-0.2, 0) is 0 Å². The number of fused-ring (bicyclic) bond motifs is 1. The highest BCUT2D eigenvalue weighted by molar-refractivity contribution is 6.34. The largest absolute Gasteiger partial charge is 0.306 e. The molecule has 3 aromatic heterocycles. The number of aryl methyl sites for hydroxylation is 1. The molecule has 5 rings (SSSR count). The molecule has 36 heavy (non-hydrogen) atoms. The molecule has 0 aliphatic carbocycles. The lowest BCUT2D eigenvalue weighted by atomic mass is 10.2. The summed E-state index contributed by atoms with van der Waals surface area (Å²) >= 11 is 6.08. The number of hydrogen-bond donors (Lipinski definition) is 2. The van der Waals surface area contributed by atoms with E-state index in [0.29, 0.717) is 11.4 Å². The van der Waals surface area contributed by atoms with E-state index in [1.807, 2.05) is 0 Å². The van der Waals surface area contributed by atoms with Gasteiger partial charge in [-0.15, -0.1) is 0 Å². The molecule has 2 aromatic carbocycles. The van der Waals surface area contributed by atoms with Gasteiger partial charge in [-0.25, -0.2) is 9.07 Å². The average Bonchev–Trinajstić information content (AvgIpc) is 3.43. The maximum Gasteiger partial charge on any atom is 0.270 e. The molecule has 180 valence electrons. The number of amides is 1. The van der Waals surface area contributed by atoms with Gasteiger partial charge in [0.2, 0.25) is 5.95 Å². The molecule has 0 saturated heterocycles. The van der Waals surface area contributed by atoms with E-state index in [0.717, 1.165) is 6.07 Å². The van der Waals surface area contributed by atoms with Crippen LogP contribution in [0.25, 0.3) is 22.7 Å². The monoisotopic (exact) mass is 508 g/mol. The van der Waals surface area contributed by atoms with E-state index in [2.05, 4.69) is 25.5 Å². The summed E-state index contributed by atoms with van der Waals surface area (Å²) in [5.74, 6) is -1.08. The molecule has 1 amide bonds. The van der Waals surface area contributed by atoms with Crippen molar-refractivity contribution in [3.05, 3.63) is 97.3 Å². The Kier molecular flexibility index (Phi) is 5.53. The normalized spacial score (nSPS) is 11.1. The first kappa shape index (κ1) is 22.9. The van der Waals surface area contributed by atoms with Gasteiger partial charge in [0.15, 0.2) is 5.65 Å². The summed E-state index contributed by atoms with van der Waals surface area (Å²) in [6.07, 6.45) is 1.33. The number of nitro groups is 1. The van der Waals surface area contributed by atoms with Crippen molar-refractivity contribution < 1.29 is 14.1 Å². The van der Waals surface area contributed by atoms with E-state index >= 15 is 0 Å². The fraction of sp³-hybridized carbons (Fsp3) is 0.0455. The summed E-state index contributed by atoms with van der Waals surface area (Å²) in [4.78, 5) is 43.2. The third kappa shape index (κ3) is 4.07. The van der Waals surface area contributed by atoms with Gasteiger partial charge in [0.1, 0.15) is 17.0 Å². The lowest BCUT2D eigenvalue weighted by Crippen LogP contribution is -2.19. The van der Waals surface area contributed by atoms with Crippen molar-refractivity contribution in [3.8, 4) is 11.6 Å². The van der Waals surface area contributed by atoms with E-state index in [9.17, 15) is 24.1 Å². The van der Waals surface area contributed by atoms with Crippen LogP contribution in [0.15, 0.2) is 59.5 Å². The van der Waals surface area contributed by atoms with E-state index < -0.39 is 22.2 Å². The number of non-ortho nitro benzene ring substituents is 1. The number of aromatic nitrogens is 6. The van der Waals surface area contributed by atoms with E-state index in [4.69, 9.17) is 11.6 Å². The Hall–Kier alpha value is -4.91. The Morgan fingerprint density at radius 2 is 1.92 bits per heavy atom. The van der Waals surface area contributed by atoms with Crippen molar-refractivity contribution >= 4 is 40.0 Å². The number of carbonyl (C=O) groups excluding carboxylic acids is 1. The van der Waals surface area contributed by atoms with Crippen LogP contribution in [-0.4, -0.2) is 40.4 Å². The standard InChI is InChI=1S/C22H14ClFN8O4/c1-11-8-18(26-20(33)15-9-14(32(35)36)6-7-17(15)23)31(29-11)22-27-19-16(21(34)28-22)10-25-30(19)13-4-2-12(24)3-5-13/h2-10H,1H3,(H,26,33)(H,27,28,34). The second kappa shape index (κ2) is 8.70. The van der Waals surface area contributed by atoms with Crippen LogP contribution in [0.4, 0.5) is 15.9 Å². The molecule has 0 aliphatic rings. The third-order valence-electron chi connectivity index (χ3n) is 5.18. The van der Waals surface area contributed by atoms with E-state index in [1.54, 1.807) is 6.92 Å². The van der Waals surface area contributed by atoms with Crippen molar-refractivity contribution in [1.29, 1.82) is 0 Å². The predicted octanol–water partition coefficient (Wildman–Crippen LogP) is 3.56. The molecular formula is C22H14ClFN8O4. The number of carbonyl (C=O) groups is 1. The number of aromatic amines is 1. The Morgan fingerprint density at radius 1 is 1.17 bits per heavy atom. The molecule has 14 heteroatoms. The highest BCUT2D eigenvalue weighted by Crippen LogP contribution is 2.24. The van der Waals surface area contributed by atoms with Gasteiger partial charge in [-0.2, -0.15) is 19.9 Å². The Balaban J connectivity index is 1.57. The lowest BCUT2D eigenvalue weighted by molar-refractivity contribution is -0.384. The zero-order chi connectivity index (χ0) is 25.6. The summed E-state index contributed by atoms with van der Waals surface area (Å²) in [5.41, 5.74) is 0.177. The molecule has 0 atom stereocenters. The number of benzene rings is 2. The summed E-state index contributed by atoms with van der Waals surface area (Å²) in [6.45, 7) is 1.66.